The largest absolute Gasteiger partial charge is 0.478 e. The van der Waals surface area contributed by atoms with Crippen molar-refractivity contribution in [2.24, 2.45) is 0 Å². The van der Waals surface area contributed by atoms with E-state index in [4.69, 9.17) is 39.5 Å². The van der Waals surface area contributed by atoms with Gasteiger partial charge in [-0.25, -0.2) is 14.8 Å². The average Bonchev–Trinajstić information content (AvgIpc) is 2.73. The van der Waals surface area contributed by atoms with E-state index in [1.807, 2.05) is 37.3 Å². The maximum atomic E-state index is 11.3. The van der Waals surface area contributed by atoms with E-state index in [9.17, 15) is 9.90 Å². The highest BCUT2D eigenvalue weighted by Gasteiger charge is 2.29. The molecule has 0 amide bonds. The molecule has 0 aliphatic rings. The summed E-state index contributed by atoms with van der Waals surface area (Å²) in [6, 6.07) is 14.7. The van der Waals surface area contributed by atoms with Crippen LogP contribution < -0.4 is 4.74 Å². The molecule has 0 fully saturated rings. The molecule has 0 spiro atoms. The fourth-order valence-electron chi connectivity index (χ4n) is 2.73. The van der Waals surface area contributed by atoms with Crippen molar-refractivity contribution in [1.82, 2.24) is 9.97 Å². The Morgan fingerprint density at radius 3 is 2.38 bits per heavy atom. The Kier molecular flexibility index (Phi) is 7.61. The van der Waals surface area contributed by atoms with E-state index in [0.717, 1.165) is 21.7 Å². The van der Waals surface area contributed by atoms with Crippen molar-refractivity contribution in [3.8, 4) is 17.1 Å². The van der Waals surface area contributed by atoms with Crippen LogP contribution in [0.15, 0.2) is 59.6 Å². The summed E-state index contributed by atoms with van der Waals surface area (Å²) in [6.07, 6.45) is 1.72. The third-order valence-corrected chi connectivity index (χ3v) is 6.28. The third-order valence-electron chi connectivity index (χ3n) is 4.60. The Bertz CT molecular complexity index is 1120. The van der Waals surface area contributed by atoms with Crippen LogP contribution in [0.5, 0.6) is 5.75 Å². The number of rotatable bonds is 7. The average molecular weight is 512 g/mol. The topological polar surface area (TPSA) is 72.3 Å². The van der Waals surface area contributed by atoms with Crippen molar-refractivity contribution >= 4 is 52.5 Å². The summed E-state index contributed by atoms with van der Waals surface area (Å²) in [5, 5.41) is 9.25. The molecule has 3 rings (SSSR count). The second-order valence-electron chi connectivity index (χ2n) is 7.58. The van der Waals surface area contributed by atoms with Crippen molar-refractivity contribution in [3.63, 3.8) is 0 Å². The summed E-state index contributed by atoms with van der Waals surface area (Å²) < 4.78 is 4.18. The molecular weight excluding hydrogens is 491 g/mol. The standard InChI is InChI=1S/C23H21Cl3N2O3S/c1-14-12-18(8-9-19(14)31-22(2,3)21(29)30)32-13-17-10-11-27-20(28-17)15-4-6-16(7-5-15)23(24,25)26/h4-12H,13H2,1-3H3,(H,29,30). The molecule has 9 heteroatoms. The Balaban J connectivity index is 1.69. The number of aliphatic carboxylic acids is 1. The van der Waals surface area contributed by atoms with Crippen LogP contribution in [0.1, 0.15) is 30.7 Å². The van der Waals surface area contributed by atoms with E-state index in [2.05, 4.69) is 9.97 Å². The van der Waals surface area contributed by atoms with Gasteiger partial charge in [-0.15, -0.1) is 11.8 Å². The second kappa shape index (κ2) is 9.87. The van der Waals surface area contributed by atoms with Crippen LogP contribution in [0.2, 0.25) is 0 Å². The minimum atomic E-state index is -1.47. The molecule has 3 aromatic rings. The summed E-state index contributed by atoms with van der Waals surface area (Å²) in [4.78, 5) is 21.3. The lowest BCUT2D eigenvalue weighted by molar-refractivity contribution is -0.152. The fraction of sp³-hybridized carbons (Fsp3) is 0.261. The first kappa shape index (κ1) is 24.6. The van der Waals surface area contributed by atoms with Crippen LogP contribution in [-0.2, 0) is 14.3 Å². The number of hydrogen-bond donors (Lipinski definition) is 1. The van der Waals surface area contributed by atoms with Gasteiger partial charge in [0.05, 0.1) is 5.69 Å². The summed E-state index contributed by atoms with van der Waals surface area (Å²) in [7, 11) is 0. The number of halogens is 3. The molecule has 0 atom stereocenters. The van der Waals surface area contributed by atoms with E-state index in [1.54, 1.807) is 36.2 Å². The number of nitrogens with zero attached hydrogens (tertiary/aromatic N) is 2. The summed E-state index contributed by atoms with van der Waals surface area (Å²) in [6.45, 7) is 4.94. The van der Waals surface area contributed by atoms with E-state index in [-0.39, 0.29) is 0 Å². The van der Waals surface area contributed by atoms with E-state index >= 15 is 0 Å². The summed E-state index contributed by atoms with van der Waals surface area (Å²) in [5.74, 6) is 0.762. The van der Waals surface area contributed by atoms with Gasteiger partial charge in [-0.3, -0.25) is 0 Å². The van der Waals surface area contributed by atoms with Crippen molar-refractivity contribution in [2.45, 2.75) is 40.8 Å². The van der Waals surface area contributed by atoms with E-state index < -0.39 is 15.4 Å². The summed E-state index contributed by atoms with van der Waals surface area (Å²) >= 11 is 19.3. The van der Waals surface area contributed by atoms with Gasteiger partial charge in [0.1, 0.15) is 5.75 Å². The maximum Gasteiger partial charge on any atom is 0.347 e. The molecular formula is C23H21Cl3N2O3S. The number of carbonyl (C=O) groups is 1. The lowest BCUT2D eigenvalue weighted by atomic mass is 10.1. The first-order valence-electron chi connectivity index (χ1n) is 9.61. The van der Waals surface area contributed by atoms with Crippen molar-refractivity contribution < 1.29 is 14.6 Å². The molecule has 1 heterocycles. The number of carboxylic acid groups (broad SMARTS) is 1. The van der Waals surface area contributed by atoms with Gasteiger partial charge in [0.25, 0.3) is 0 Å². The van der Waals surface area contributed by atoms with Crippen LogP contribution in [-0.4, -0.2) is 26.6 Å². The van der Waals surface area contributed by atoms with Crippen LogP contribution in [0, 0.1) is 6.92 Å². The highest BCUT2D eigenvalue weighted by molar-refractivity contribution is 7.98. The zero-order chi connectivity index (χ0) is 23.5. The van der Waals surface area contributed by atoms with Gasteiger partial charge < -0.3 is 9.84 Å². The van der Waals surface area contributed by atoms with E-state index in [1.165, 1.54) is 13.8 Å². The molecule has 2 aromatic carbocycles. The Hall–Kier alpha value is -1.99. The monoisotopic (exact) mass is 510 g/mol. The van der Waals surface area contributed by atoms with Crippen LogP contribution in [0.3, 0.4) is 0 Å². The smallest absolute Gasteiger partial charge is 0.347 e. The van der Waals surface area contributed by atoms with Gasteiger partial charge in [-0.2, -0.15) is 0 Å². The lowest BCUT2D eigenvalue weighted by Crippen LogP contribution is -2.38. The van der Waals surface area contributed by atoms with Crippen LogP contribution in [0.4, 0.5) is 0 Å². The highest BCUT2D eigenvalue weighted by atomic mass is 35.6. The Morgan fingerprint density at radius 2 is 1.78 bits per heavy atom. The van der Waals surface area contributed by atoms with Gasteiger partial charge in [-0.1, -0.05) is 59.1 Å². The molecule has 168 valence electrons. The molecule has 0 aliphatic carbocycles. The summed E-state index contributed by atoms with van der Waals surface area (Å²) in [5.41, 5.74) is 1.84. The number of benzene rings is 2. The predicted molar refractivity (Wildman–Crippen MR) is 130 cm³/mol. The number of thioether (sulfide) groups is 1. The van der Waals surface area contributed by atoms with Crippen LogP contribution >= 0.6 is 46.6 Å². The Labute approximate surface area is 206 Å². The molecule has 0 saturated heterocycles. The van der Waals surface area contributed by atoms with Gasteiger partial charge in [0.2, 0.25) is 3.79 Å². The fourth-order valence-corrected chi connectivity index (χ4v) is 4.00. The quantitative estimate of drug-likeness (QED) is 0.277. The molecule has 5 nitrogen and oxygen atoms in total. The lowest BCUT2D eigenvalue weighted by Gasteiger charge is -2.23. The number of carboxylic acids is 1. The second-order valence-corrected chi connectivity index (χ2v) is 10.9. The van der Waals surface area contributed by atoms with Crippen LogP contribution in [0.25, 0.3) is 11.4 Å². The maximum absolute atomic E-state index is 11.3. The zero-order valence-electron chi connectivity index (χ0n) is 17.6. The molecule has 32 heavy (non-hydrogen) atoms. The van der Waals surface area contributed by atoms with E-state index in [0.29, 0.717) is 22.9 Å². The zero-order valence-corrected chi connectivity index (χ0v) is 20.7. The number of aryl methyl sites for hydroxylation is 1. The molecule has 1 aromatic heterocycles. The van der Waals surface area contributed by atoms with Gasteiger partial charge in [-0.05, 0) is 50.6 Å². The number of hydrogen-bond acceptors (Lipinski definition) is 5. The SMILES string of the molecule is Cc1cc(SCc2ccnc(-c3ccc(C(Cl)(Cl)Cl)cc3)n2)ccc1OC(C)(C)C(=O)O. The Morgan fingerprint density at radius 1 is 1.09 bits per heavy atom. The molecule has 0 unspecified atom stereocenters. The van der Waals surface area contributed by atoms with Gasteiger partial charge >= 0.3 is 5.97 Å². The van der Waals surface area contributed by atoms with Crippen molar-refractivity contribution in [2.75, 3.05) is 0 Å². The molecule has 1 N–H and O–H groups in total. The normalized spacial score (nSPS) is 11.9. The van der Waals surface area contributed by atoms with Crippen molar-refractivity contribution in [3.05, 3.63) is 71.5 Å². The molecule has 0 saturated carbocycles. The predicted octanol–water partition coefficient (Wildman–Crippen LogP) is 6.81. The van der Waals surface area contributed by atoms with Gasteiger partial charge in [0.15, 0.2) is 11.4 Å². The number of aromatic nitrogens is 2. The number of alkyl halides is 3. The molecule has 0 aliphatic heterocycles. The van der Waals surface area contributed by atoms with Crippen molar-refractivity contribution in [1.29, 1.82) is 0 Å². The minimum Gasteiger partial charge on any atom is -0.478 e. The third kappa shape index (κ3) is 6.29. The highest BCUT2D eigenvalue weighted by Crippen LogP contribution is 2.38. The minimum absolute atomic E-state index is 0.546. The van der Waals surface area contributed by atoms with Gasteiger partial charge in [0, 0.05) is 28.0 Å². The number of ether oxygens (including phenoxy) is 1. The first-order valence-corrected chi connectivity index (χ1v) is 11.7. The first-order chi connectivity index (χ1) is 15.0. The molecule has 0 bridgehead atoms. The molecule has 0 radical (unpaired) electrons.